The summed E-state index contributed by atoms with van der Waals surface area (Å²) >= 11 is 0. The summed E-state index contributed by atoms with van der Waals surface area (Å²) in [6, 6.07) is 1.15. The van der Waals surface area contributed by atoms with Crippen LogP contribution >= 0.6 is 0 Å². The first-order valence-electron chi connectivity index (χ1n) is 5.47. The maximum Gasteiger partial charge on any atom is 0.351 e. The van der Waals surface area contributed by atoms with Gasteiger partial charge in [0, 0.05) is 38.9 Å². The number of hydrogen-bond donors (Lipinski definition) is 4. The van der Waals surface area contributed by atoms with E-state index in [4.69, 9.17) is 27.4 Å². The summed E-state index contributed by atoms with van der Waals surface area (Å²) in [5, 5.41) is 26.7. The number of alkyl halides is 2. The Bertz CT molecular complexity index is 593. The first kappa shape index (κ1) is 20.8. The van der Waals surface area contributed by atoms with Crippen molar-refractivity contribution in [1.82, 2.24) is 9.55 Å². The third kappa shape index (κ3) is 4.18. The molecule has 22 heavy (non-hydrogen) atoms. The fourth-order valence-corrected chi connectivity index (χ4v) is 1.72. The molecule has 1 radical (unpaired) electrons. The molecule has 1 aliphatic rings. The summed E-state index contributed by atoms with van der Waals surface area (Å²) in [5.74, 6) is -3.83. The van der Waals surface area contributed by atoms with Crippen LogP contribution in [0.5, 0.6) is 0 Å². The minimum atomic E-state index is -3.71. The topological polar surface area (TPSA) is 135 Å². The first-order chi connectivity index (χ1) is 9.79. The zero-order valence-electron chi connectivity index (χ0n) is 11.0. The van der Waals surface area contributed by atoms with Gasteiger partial charge in [0.25, 0.3) is 0 Å². The fraction of sp³-hybridized carbons (Fsp3) is 0.500. The summed E-state index contributed by atoms with van der Waals surface area (Å²) in [4.78, 5) is 14.7. The number of nitrogens with zero attached hydrogens (tertiary/aromatic N) is 3. The number of rotatable bonds is 2. The Hall–Kier alpha value is -1.19. The van der Waals surface area contributed by atoms with E-state index in [9.17, 15) is 18.7 Å². The van der Waals surface area contributed by atoms with Crippen molar-refractivity contribution in [3.05, 3.63) is 34.3 Å². The molecule has 5 N–H and O–H groups in total. The summed E-state index contributed by atoms with van der Waals surface area (Å²) in [6.07, 6.45) is -4.69. The Morgan fingerprint density at radius 2 is 2.14 bits per heavy atom. The van der Waals surface area contributed by atoms with Gasteiger partial charge in [-0.25, -0.2) is 10.0 Å². The Kier molecular flexibility index (Phi) is 7.99. The van der Waals surface area contributed by atoms with Crippen LogP contribution in [0, 0.1) is 6.57 Å². The van der Waals surface area contributed by atoms with Gasteiger partial charge >= 0.3 is 11.6 Å². The van der Waals surface area contributed by atoms with Crippen LogP contribution < -0.4 is 11.4 Å². The molecule has 0 amide bonds. The number of hydrogen-bond acceptors (Lipinski definition) is 7. The van der Waals surface area contributed by atoms with Crippen molar-refractivity contribution in [3.8, 4) is 0 Å². The molecule has 1 fully saturated rings. The van der Waals surface area contributed by atoms with Crippen molar-refractivity contribution in [2.75, 3.05) is 12.3 Å². The summed E-state index contributed by atoms with van der Waals surface area (Å²) in [6.45, 7) is 4.60. The second-order valence-corrected chi connectivity index (χ2v) is 3.97. The largest absolute Gasteiger partial charge is 0.394 e. The zero-order valence-corrected chi connectivity index (χ0v) is 13.8. The number of nitrogen functional groups attached to an aromatic ring is 1. The van der Waals surface area contributed by atoms with Gasteiger partial charge in [0.2, 0.25) is 6.23 Å². The Balaban J connectivity index is 0.00000102. The van der Waals surface area contributed by atoms with Crippen molar-refractivity contribution in [2.24, 2.45) is 0 Å². The van der Waals surface area contributed by atoms with Gasteiger partial charge in [-0.1, -0.05) is 0 Å². The molecule has 0 aliphatic carbocycles. The number of aliphatic hydroxyl groups excluding tert-OH is 2. The van der Waals surface area contributed by atoms with Gasteiger partial charge < -0.3 is 20.7 Å². The van der Waals surface area contributed by atoms with Gasteiger partial charge in [-0.15, -0.1) is 0 Å². The molecule has 0 aromatic carbocycles. The van der Waals surface area contributed by atoms with Crippen LogP contribution in [0.1, 0.15) is 6.23 Å². The van der Waals surface area contributed by atoms with Gasteiger partial charge in [-0.3, -0.25) is 4.57 Å². The minimum Gasteiger partial charge on any atom is -0.394 e. The zero-order chi connectivity index (χ0) is 16.2. The fourth-order valence-electron chi connectivity index (χ4n) is 1.72. The molecular formula is C10H12F2N4O5Y. The second kappa shape index (κ2) is 8.45. The first-order valence-corrected chi connectivity index (χ1v) is 5.47. The Morgan fingerprint density at radius 1 is 1.59 bits per heavy atom. The van der Waals surface area contributed by atoms with E-state index in [0.29, 0.717) is 4.57 Å². The molecule has 12 heteroatoms. The number of anilines is 1. The number of halogens is 2. The summed E-state index contributed by atoms with van der Waals surface area (Å²) < 4.78 is 32.7. The molecule has 119 valence electrons. The van der Waals surface area contributed by atoms with E-state index in [0.717, 1.165) is 12.3 Å². The number of nitrogens with two attached hydrogens (primary N) is 1. The van der Waals surface area contributed by atoms with Crippen molar-refractivity contribution in [1.29, 1.82) is 0 Å². The van der Waals surface area contributed by atoms with E-state index < -0.39 is 36.7 Å². The van der Waals surface area contributed by atoms with Crippen LogP contribution in [0.3, 0.4) is 0 Å². The van der Waals surface area contributed by atoms with Gasteiger partial charge in [0.1, 0.15) is 11.9 Å². The van der Waals surface area contributed by atoms with Crippen LogP contribution in [0.15, 0.2) is 17.1 Å². The molecule has 0 saturated carbocycles. The molecule has 1 aromatic rings. The maximum absolute atomic E-state index is 13.7. The van der Waals surface area contributed by atoms with Crippen molar-refractivity contribution in [3.63, 3.8) is 0 Å². The van der Waals surface area contributed by atoms with Gasteiger partial charge in [0.05, 0.1) is 6.61 Å². The molecule has 1 aliphatic heterocycles. The molecule has 9 nitrogen and oxygen atoms in total. The number of aromatic nitrogens is 2. The molecule has 0 unspecified atom stereocenters. The van der Waals surface area contributed by atoms with Crippen LogP contribution in [0.2, 0.25) is 0 Å². The Labute approximate surface area is 148 Å². The minimum absolute atomic E-state index is 0. The third-order valence-corrected chi connectivity index (χ3v) is 2.66. The third-order valence-electron chi connectivity index (χ3n) is 2.66. The van der Waals surface area contributed by atoms with E-state index in [-0.39, 0.29) is 38.5 Å². The van der Waals surface area contributed by atoms with E-state index in [1.807, 2.05) is 0 Å². The smallest absolute Gasteiger partial charge is 0.351 e. The van der Waals surface area contributed by atoms with Crippen LogP contribution in [-0.2, 0) is 37.4 Å². The summed E-state index contributed by atoms with van der Waals surface area (Å²) in [7, 11) is 0. The van der Waals surface area contributed by atoms with Crippen molar-refractivity contribution < 1.29 is 61.6 Å². The maximum atomic E-state index is 13.7. The normalized spacial score (nSPS) is 25.3. The molecule has 0 spiro atoms. The second-order valence-electron chi connectivity index (χ2n) is 3.97. The standard InChI is InChI=1S/C9H11F2N3O4.CHNO.Y/c10-9(11)6(16)4(3-15)18-7(9)14-2-1-5(12)13-8(14)17;1-2-3;/h1-2,4,6-7,15-16H,3H2,(H2,12,13,17);3H;/t4-,6+,7-;;/m1../s1. The predicted molar refractivity (Wildman–Crippen MR) is 63.2 cm³/mol. The van der Waals surface area contributed by atoms with E-state index >= 15 is 0 Å². The van der Waals surface area contributed by atoms with E-state index in [1.54, 1.807) is 5.01 Å². The predicted octanol–water partition coefficient (Wildman–Crippen LogP) is -0.996. The Morgan fingerprint density at radius 3 is 2.55 bits per heavy atom. The monoisotopic (exact) mass is 395 g/mol. The van der Waals surface area contributed by atoms with Crippen LogP contribution in [0.25, 0.3) is 5.01 Å². The molecule has 2 heterocycles. The van der Waals surface area contributed by atoms with Crippen molar-refractivity contribution in [2.45, 2.75) is 24.4 Å². The van der Waals surface area contributed by atoms with Crippen LogP contribution in [-0.4, -0.2) is 49.7 Å². The van der Waals surface area contributed by atoms with E-state index in [2.05, 4.69) is 4.98 Å². The molecule has 1 aromatic heterocycles. The average molecular weight is 395 g/mol. The SMILES string of the molecule is Nc1ccn([C@@H]2O[C@H](CO)[C@H](O)C2(F)F)c(=O)n1.[C-]#[N+]O.[Y]. The molecule has 3 atom stereocenters. The van der Waals surface area contributed by atoms with E-state index in [1.165, 1.54) is 0 Å². The number of aliphatic hydroxyl groups is 2. The molecule has 2 rings (SSSR count). The van der Waals surface area contributed by atoms with Crippen LogP contribution in [0.4, 0.5) is 14.6 Å². The van der Waals surface area contributed by atoms with Crippen molar-refractivity contribution >= 4 is 5.82 Å². The molecular weight excluding hydrogens is 383 g/mol. The molecule has 0 bridgehead atoms. The van der Waals surface area contributed by atoms with Gasteiger partial charge in [-0.2, -0.15) is 20.3 Å². The van der Waals surface area contributed by atoms with Gasteiger partial charge in [0.15, 0.2) is 6.10 Å². The molecule has 1 saturated heterocycles. The quantitative estimate of drug-likeness (QED) is 0.373. The average Bonchev–Trinajstić information content (AvgIpc) is 2.63. The van der Waals surface area contributed by atoms with Gasteiger partial charge in [-0.05, 0) is 11.1 Å². The number of ether oxygens (including phenoxy) is 1. The summed E-state index contributed by atoms with van der Waals surface area (Å²) in [5.41, 5.74) is 4.21.